The van der Waals surface area contributed by atoms with E-state index < -0.39 is 5.91 Å². The van der Waals surface area contributed by atoms with Gasteiger partial charge in [0, 0.05) is 6.20 Å². The summed E-state index contributed by atoms with van der Waals surface area (Å²) in [6.45, 7) is 0. The molecule has 0 aliphatic carbocycles. The molecule has 1 amide bonds. The first-order chi connectivity index (χ1) is 7.65. The van der Waals surface area contributed by atoms with Crippen molar-refractivity contribution in [2.24, 2.45) is 7.05 Å². The zero-order chi connectivity index (χ0) is 11.5. The van der Waals surface area contributed by atoms with Crippen molar-refractivity contribution in [3.05, 3.63) is 24.0 Å². The minimum atomic E-state index is -0.462. The van der Waals surface area contributed by atoms with E-state index in [1.165, 1.54) is 23.3 Å². The zero-order valence-electron chi connectivity index (χ0n) is 8.32. The van der Waals surface area contributed by atoms with Gasteiger partial charge in [0.2, 0.25) is 0 Å². The summed E-state index contributed by atoms with van der Waals surface area (Å²) in [6.07, 6.45) is 2.56. The molecule has 16 heavy (non-hydrogen) atoms. The second kappa shape index (κ2) is 3.93. The average Bonchev–Trinajstić information content (AvgIpc) is 2.64. The van der Waals surface area contributed by atoms with E-state index in [1.807, 2.05) is 0 Å². The average molecular weight is 220 g/mol. The van der Waals surface area contributed by atoms with Crippen molar-refractivity contribution >= 4 is 11.9 Å². The number of amides is 1. The number of aromatic nitrogens is 5. The van der Waals surface area contributed by atoms with Crippen LogP contribution in [-0.2, 0) is 7.05 Å². The maximum atomic E-state index is 11.6. The summed E-state index contributed by atoms with van der Waals surface area (Å²) >= 11 is 0. The second-order valence-corrected chi connectivity index (χ2v) is 2.99. The number of rotatable bonds is 2. The lowest BCUT2D eigenvalue weighted by Gasteiger charge is -1.99. The van der Waals surface area contributed by atoms with E-state index in [9.17, 15) is 4.79 Å². The van der Waals surface area contributed by atoms with Crippen LogP contribution in [0.4, 0.5) is 5.95 Å². The Balaban J connectivity index is 2.14. The van der Waals surface area contributed by atoms with Gasteiger partial charge in [-0.1, -0.05) is 5.10 Å². The van der Waals surface area contributed by atoms with Gasteiger partial charge in [0.1, 0.15) is 5.75 Å². The molecule has 0 aromatic carbocycles. The Labute approximate surface area is 89.9 Å². The van der Waals surface area contributed by atoms with Crippen LogP contribution in [0.3, 0.4) is 0 Å². The van der Waals surface area contributed by atoms with E-state index in [0.717, 1.165) is 0 Å². The van der Waals surface area contributed by atoms with Crippen LogP contribution < -0.4 is 5.32 Å². The van der Waals surface area contributed by atoms with Crippen molar-refractivity contribution < 1.29 is 9.90 Å². The van der Waals surface area contributed by atoms with Crippen molar-refractivity contribution in [1.82, 2.24) is 25.2 Å². The Bertz CT molecular complexity index is 523. The summed E-state index contributed by atoms with van der Waals surface area (Å²) in [5.41, 5.74) is 0.215. The van der Waals surface area contributed by atoms with Gasteiger partial charge in [0.05, 0.1) is 18.8 Å². The molecule has 2 aromatic heterocycles. The molecule has 82 valence electrons. The number of carbonyl (C=O) groups is 1. The molecular formula is C8H8N6O2. The van der Waals surface area contributed by atoms with Gasteiger partial charge in [-0.3, -0.25) is 15.1 Å². The Morgan fingerprint density at radius 1 is 1.50 bits per heavy atom. The summed E-state index contributed by atoms with van der Waals surface area (Å²) in [4.78, 5) is 16.5. The lowest BCUT2D eigenvalue weighted by atomic mass is 10.2. The molecule has 0 fully saturated rings. The number of anilines is 1. The van der Waals surface area contributed by atoms with Gasteiger partial charge in [-0.15, -0.1) is 5.10 Å². The van der Waals surface area contributed by atoms with Crippen LogP contribution in [0.25, 0.3) is 0 Å². The molecule has 0 bridgehead atoms. The van der Waals surface area contributed by atoms with Crippen molar-refractivity contribution in [3.63, 3.8) is 0 Å². The molecular weight excluding hydrogens is 212 g/mol. The summed E-state index contributed by atoms with van der Waals surface area (Å²) in [5.74, 6) is -0.452. The number of hydrogen-bond acceptors (Lipinski definition) is 6. The van der Waals surface area contributed by atoms with Gasteiger partial charge in [0.25, 0.3) is 11.9 Å². The molecule has 2 aromatic rings. The third kappa shape index (κ3) is 2.11. The maximum absolute atomic E-state index is 11.6. The second-order valence-electron chi connectivity index (χ2n) is 2.99. The summed E-state index contributed by atoms with van der Waals surface area (Å²) in [7, 11) is 1.58. The molecule has 0 aliphatic rings. The fourth-order valence-electron chi connectivity index (χ4n) is 1.06. The first-order valence-corrected chi connectivity index (χ1v) is 4.34. The van der Waals surface area contributed by atoms with Crippen LogP contribution in [-0.4, -0.2) is 36.2 Å². The largest absolute Gasteiger partial charge is 0.506 e. The van der Waals surface area contributed by atoms with Gasteiger partial charge in [-0.25, -0.2) is 0 Å². The van der Waals surface area contributed by atoms with Crippen molar-refractivity contribution in [3.8, 4) is 5.75 Å². The van der Waals surface area contributed by atoms with E-state index in [2.05, 4.69) is 25.7 Å². The number of aryl methyl sites for hydroxylation is 1. The highest BCUT2D eigenvalue weighted by Crippen LogP contribution is 2.09. The third-order valence-corrected chi connectivity index (χ3v) is 1.72. The molecule has 2 rings (SSSR count). The van der Waals surface area contributed by atoms with Crippen molar-refractivity contribution in [1.29, 1.82) is 0 Å². The van der Waals surface area contributed by atoms with Crippen LogP contribution in [0.15, 0.2) is 18.5 Å². The standard InChI is InChI=1S/C8H8N6O2/c1-14-12-8(11-13-14)10-7(16)5-2-6(15)4-9-3-5/h2-4,15H,1H3,(H,10,12,16). The quantitative estimate of drug-likeness (QED) is 0.710. The van der Waals surface area contributed by atoms with Gasteiger partial charge >= 0.3 is 0 Å². The van der Waals surface area contributed by atoms with Gasteiger partial charge < -0.3 is 5.11 Å². The minimum absolute atomic E-state index is 0.0836. The van der Waals surface area contributed by atoms with E-state index in [1.54, 1.807) is 7.05 Å². The minimum Gasteiger partial charge on any atom is -0.506 e. The van der Waals surface area contributed by atoms with Crippen molar-refractivity contribution in [2.45, 2.75) is 0 Å². The maximum Gasteiger partial charge on any atom is 0.270 e. The lowest BCUT2D eigenvalue weighted by Crippen LogP contribution is -2.13. The SMILES string of the molecule is Cn1nnc(NC(=O)c2cncc(O)c2)n1. The Kier molecular flexibility index (Phi) is 2.46. The van der Waals surface area contributed by atoms with E-state index in [-0.39, 0.29) is 17.3 Å². The highest BCUT2D eigenvalue weighted by atomic mass is 16.3. The van der Waals surface area contributed by atoms with Crippen molar-refractivity contribution in [2.75, 3.05) is 5.32 Å². The third-order valence-electron chi connectivity index (χ3n) is 1.72. The number of nitrogens with zero attached hydrogens (tertiary/aromatic N) is 5. The molecule has 0 spiro atoms. The lowest BCUT2D eigenvalue weighted by molar-refractivity contribution is 0.102. The van der Waals surface area contributed by atoms with Crippen LogP contribution >= 0.6 is 0 Å². The van der Waals surface area contributed by atoms with Gasteiger partial charge in [0.15, 0.2) is 0 Å². The highest BCUT2D eigenvalue weighted by Gasteiger charge is 2.09. The van der Waals surface area contributed by atoms with Gasteiger partial charge in [-0.05, 0) is 11.3 Å². The number of pyridine rings is 1. The molecule has 0 aliphatic heterocycles. The van der Waals surface area contributed by atoms with E-state index in [4.69, 9.17) is 5.11 Å². The topological polar surface area (TPSA) is 106 Å². The van der Waals surface area contributed by atoms with E-state index in [0.29, 0.717) is 0 Å². The molecule has 0 radical (unpaired) electrons. The molecule has 0 saturated heterocycles. The summed E-state index contributed by atoms with van der Waals surface area (Å²) in [5, 5.41) is 22.5. The first-order valence-electron chi connectivity index (χ1n) is 4.34. The fourth-order valence-corrected chi connectivity index (χ4v) is 1.06. The molecule has 0 atom stereocenters. The number of carbonyl (C=O) groups excluding carboxylic acids is 1. The van der Waals surface area contributed by atoms with Crippen LogP contribution in [0.2, 0.25) is 0 Å². The molecule has 8 nitrogen and oxygen atoms in total. The Hall–Kier alpha value is -2.51. The Morgan fingerprint density at radius 3 is 2.94 bits per heavy atom. The Morgan fingerprint density at radius 2 is 2.31 bits per heavy atom. The van der Waals surface area contributed by atoms with Gasteiger partial charge in [-0.2, -0.15) is 4.80 Å². The molecule has 0 unspecified atom stereocenters. The summed E-state index contributed by atoms with van der Waals surface area (Å²) in [6, 6.07) is 1.29. The zero-order valence-corrected chi connectivity index (χ0v) is 8.32. The number of aromatic hydroxyl groups is 1. The smallest absolute Gasteiger partial charge is 0.270 e. The fraction of sp³-hybridized carbons (Fsp3) is 0.125. The summed E-state index contributed by atoms with van der Waals surface area (Å²) < 4.78 is 0. The van der Waals surface area contributed by atoms with Crippen LogP contribution in [0.1, 0.15) is 10.4 Å². The number of hydrogen-bond donors (Lipinski definition) is 2. The number of nitrogens with one attached hydrogen (secondary N) is 1. The molecule has 0 saturated carbocycles. The predicted molar refractivity (Wildman–Crippen MR) is 52.7 cm³/mol. The monoisotopic (exact) mass is 220 g/mol. The first kappa shape index (κ1) is 10.0. The van der Waals surface area contributed by atoms with Crippen LogP contribution in [0.5, 0.6) is 5.75 Å². The highest BCUT2D eigenvalue weighted by molar-refractivity contribution is 6.03. The normalized spacial score (nSPS) is 10.1. The number of tetrazole rings is 1. The molecule has 8 heteroatoms. The van der Waals surface area contributed by atoms with Crippen LogP contribution in [0, 0.1) is 0 Å². The molecule has 2 heterocycles. The van der Waals surface area contributed by atoms with E-state index >= 15 is 0 Å². The predicted octanol–water partition coefficient (Wildman–Crippen LogP) is -0.437. The molecule has 2 N–H and O–H groups in total.